The van der Waals surface area contributed by atoms with Gasteiger partial charge >= 0.3 is 0 Å². The Morgan fingerprint density at radius 3 is 2.76 bits per heavy atom. The fraction of sp³-hybridized carbons (Fsp3) is 0.462. The molecule has 1 heterocycles. The molecule has 4 heteroatoms. The third-order valence-corrected chi connectivity index (χ3v) is 3.03. The van der Waals surface area contributed by atoms with Gasteiger partial charge in [0.25, 0.3) is 5.91 Å². The van der Waals surface area contributed by atoms with Crippen LogP contribution in [-0.4, -0.2) is 35.7 Å². The summed E-state index contributed by atoms with van der Waals surface area (Å²) in [6, 6.07) is 7.63. The maximum Gasteiger partial charge on any atom is 0.251 e. The molecule has 1 aliphatic heterocycles. The lowest BCUT2D eigenvalue weighted by Crippen LogP contribution is -2.43. The van der Waals surface area contributed by atoms with E-state index in [-0.39, 0.29) is 5.91 Å². The van der Waals surface area contributed by atoms with Crippen LogP contribution in [0.3, 0.4) is 0 Å². The van der Waals surface area contributed by atoms with Gasteiger partial charge in [-0.15, -0.1) is 0 Å². The van der Waals surface area contributed by atoms with Gasteiger partial charge in [0.15, 0.2) is 0 Å². The molecule has 0 spiro atoms. The highest BCUT2D eigenvalue weighted by atomic mass is 16.5. The number of amides is 1. The number of rotatable bonds is 3. The monoisotopic (exact) mass is 235 g/mol. The largest absolute Gasteiger partial charge is 0.497 e. The van der Waals surface area contributed by atoms with Crippen LogP contribution in [0.1, 0.15) is 18.4 Å². The minimum absolute atomic E-state index is 0.160. The summed E-state index contributed by atoms with van der Waals surface area (Å²) in [5.41, 5.74) is 1.05. The van der Waals surface area contributed by atoms with Crippen molar-refractivity contribution in [3.05, 3.63) is 29.8 Å². The fourth-order valence-electron chi connectivity index (χ4n) is 2.03. The molecular formula is C13H17NO3. The predicted molar refractivity (Wildman–Crippen MR) is 63.7 cm³/mol. The van der Waals surface area contributed by atoms with Crippen molar-refractivity contribution in [1.29, 1.82) is 0 Å². The average molecular weight is 235 g/mol. The molecule has 0 aromatic heterocycles. The van der Waals surface area contributed by atoms with Gasteiger partial charge in [-0.3, -0.25) is 4.79 Å². The number of carbonyl (C=O) groups excluding carboxylic acids is 1. The van der Waals surface area contributed by atoms with E-state index in [0.29, 0.717) is 13.0 Å². The first-order valence-electron chi connectivity index (χ1n) is 5.80. The fourth-order valence-corrected chi connectivity index (χ4v) is 2.03. The van der Waals surface area contributed by atoms with Crippen LogP contribution in [0.25, 0.3) is 0 Å². The lowest BCUT2D eigenvalue weighted by molar-refractivity contribution is -0.144. The Kier molecular flexibility index (Phi) is 3.64. The number of piperidine rings is 1. The van der Waals surface area contributed by atoms with E-state index in [1.54, 1.807) is 12.0 Å². The molecule has 92 valence electrons. The van der Waals surface area contributed by atoms with Crippen LogP contribution >= 0.6 is 0 Å². The molecule has 1 saturated heterocycles. The van der Waals surface area contributed by atoms with Crippen LogP contribution in [0.5, 0.6) is 5.75 Å². The lowest BCUT2D eigenvalue weighted by Gasteiger charge is -2.29. The van der Waals surface area contributed by atoms with E-state index in [4.69, 9.17) is 4.74 Å². The zero-order chi connectivity index (χ0) is 12.3. The molecule has 0 radical (unpaired) electrons. The second-order valence-corrected chi connectivity index (χ2v) is 4.27. The molecule has 1 atom stereocenters. The van der Waals surface area contributed by atoms with Crippen LogP contribution in [0.4, 0.5) is 0 Å². The topological polar surface area (TPSA) is 49.8 Å². The van der Waals surface area contributed by atoms with E-state index in [1.165, 1.54) is 0 Å². The Labute approximate surface area is 101 Å². The van der Waals surface area contributed by atoms with Crippen molar-refractivity contribution in [2.75, 3.05) is 13.7 Å². The number of likely N-dealkylation sites (tertiary alicyclic amines) is 1. The third kappa shape index (κ3) is 2.77. The SMILES string of the molecule is COc1ccc(CN2CCC[C@@H](O)C2=O)cc1. The smallest absolute Gasteiger partial charge is 0.251 e. The van der Waals surface area contributed by atoms with Crippen LogP contribution in [-0.2, 0) is 11.3 Å². The highest BCUT2D eigenvalue weighted by Crippen LogP contribution is 2.17. The molecule has 1 amide bonds. The van der Waals surface area contributed by atoms with Crippen molar-refractivity contribution in [3.63, 3.8) is 0 Å². The summed E-state index contributed by atoms with van der Waals surface area (Å²) in [6.07, 6.45) is 0.628. The normalized spacial score (nSPS) is 20.5. The van der Waals surface area contributed by atoms with Gasteiger partial charge < -0.3 is 14.7 Å². The molecule has 0 aliphatic carbocycles. The lowest BCUT2D eigenvalue weighted by atomic mass is 10.1. The van der Waals surface area contributed by atoms with Crippen molar-refractivity contribution in [1.82, 2.24) is 4.90 Å². The molecule has 1 aromatic rings. The van der Waals surface area contributed by atoms with Gasteiger partial charge in [0, 0.05) is 13.1 Å². The first-order valence-corrected chi connectivity index (χ1v) is 5.80. The molecule has 1 aromatic carbocycles. The zero-order valence-corrected chi connectivity index (χ0v) is 9.93. The van der Waals surface area contributed by atoms with Crippen LogP contribution in [0, 0.1) is 0 Å². The van der Waals surface area contributed by atoms with Crippen LogP contribution < -0.4 is 4.74 Å². The van der Waals surface area contributed by atoms with Crippen molar-refractivity contribution in [3.8, 4) is 5.75 Å². The molecule has 17 heavy (non-hydrogen) atoms. The second kappa shape index (κ2) is 5.19. The standard InChI is InChI=1S/C13H17NO3/c1-17-11-6-4-10(5-7-11)9-14-8-2-3-12(15)13(14)16/h4-7,12,15H,2-3,8-9H2,1H3/t12-/m1/s1. The molecule has 1 fully saturated rings. The maximum atomic E-state index is 11.7. The summed E-state index contributed by atoms with van der Waals surface area (Å²) in [6.45, 7) is 1.28. The van der Waals surface area contributed by atoms with E-state index in [2.05, 4.69) is 0 Å². The molecule has 0 saturated carbocycles. The Bertz CT molecular complexity index is 388. The minimum Gasteiger partial charge on any atom is -0.497 e. The van der Waals surface area contributed by atoms with E-state index in [9.17, 15) is 9.90 Å². The van der Waals surface area contributed by atoms with Gasteiger partial charge in [-0.2, -0.15) is 0 Å². The third-order valence-electron chi connectivity index (χ3n) is 3.03. The number of ether oxygens (including phenoxy) is 1. The molecular weight excluding hydrogens is 218 g/mol. The summed E-state index contributed by atoms with van der Waals surface area (Å²) in [5, 5.41) is 9.50. The van der Waals surface area contributed by atoms with Gasteiger partial charge in [-0.1, -0.05) is 12.1 Å². The van der Waals surface area contributed by atoms with Gasteiger partial charge in [0.1, 0.15) is 11.9 Å². The Hall–Kier alpha value is -1.55. The van der Waals surface area contributed by atoms with E-state index >= 15 is 0 Å². The molecule has 0 bridgehead atoms. The zero-order valence-electron chi connectivity index (χ0n) is 9.93. The first-order chi connectivity index (χ1) is 8.20. The number of methoxy groups -OCH3 is 1. The molecule has 2 rings (SSSR count). The van der Waals surface area contributed by atoms with Crippen molar-refractivity contribution in [2.45, 2.75) is 25.5 Å². The van der Waals surface area contributed by atoms with Crippen LogP contribution in [0.15, 0.2) is 24.3 Å². The first kappa shape index (κ1) is 11.9. The molecule has 1 aliphatic rings. The summed E-state index contributed by atoms with van der Waals surface area (Å²) in [5.74, 6) is 0.644. The number of benzene rings is 1. The molecule has 4 nitrogen and oxygen atoms in total. The number of aliphatic hydroxyl groups excluding tert-OH is 1. The van der Waals surface area contributed by atoms with E-state index in [1.807, 2.05) is 24.3 Å². The van der Waals surface area contributed by atoms with Gasteiger partial charge in [0.2, 0.25) is 0 Å². The minimum atomic E-state index is -0.818. The van der Waals surface area contributed by atoms with Crippen molar-refractivity contribution >= 4 is 5.91 Å². The highest BCUT2D eigenvalue weighted by molar-refractivity contribution is 5.81. The van der Waals surface area contributed by atoms with Gasteiger partial charge in [0.05, 0.1) is 7.11 Å². The Balaban J connectivity index is 2.01. The van der Waals surface area contributed by atoms with Gasteiger partial charge in [-0.05, 0) is 30.5 Å². The van der Waals surface area contributed by atoms with Crippen molar-refractivity contribution in [2.24, 2.45) is 0 Å². The van der Waals surface area contributed by atoms with Crippen LogP contribution in [0.2, 0.25) is 0 Å². The quantitative estimate of drug-likeness (QED) is 0.855. The summed E-state index contributed by atoms with van der Waals surface area (Å²) >= 11 is 0. The number of hydrogen-bond acceptors (Lipinski definition) is 3. The van der Waals surface area contributed by atoms with Gasteiger partial charge in [-0.25, -0.2) is 0 Å². The Morgan fingerprint density at radius 1 is 1.41 bits per heavy atom. The Morgan fingerprint density at radius 2 is 2.12 bits per heavy atom. The number of carbonyl (C=O) groups is 1. The number of aliphatic hydroxyl groups is 1. The maximum absolute atomic E-state index is 11.7. The number of nitrogens with zero attached hydrogens (tertiary/aromatic N) is 1. The second-order valence-electron chi connectivity index (χ2n) is 4.27. The van der Waals surface area contributed by atoms with E-state index < -0.39 is 6.10 Å². The molecule has 1 N–H and O–H groups in total. The summed E-state index contributed by atoms with van der Waals surface area (Å²) in [4.78, 5) is 13.4. The number of hydrogen-bond donors (Lipinski definition) is 1. The summed E-state index contributed by atoms with van der Waals surface area (Å²) in [7, 11) is 1.62. The molecule has 0 unspecified atom stereocenters. The highest BCUT2D eigenvalue weighted by Gasteiger charge is 2.26. The average Bonchev–Trinajstić information content (AvgIpc) is 2.36. The van der Waals surface area contributed by atoms with Crippen molar-refractivity contribution < 1.29 is 14.6 Å². The predicted octanol–water partition coefficient (Wildman–Crippen LogP) is 1.18. The summed E-state index contributed by atoms with van der Waals surface area (Å²) < 4.78 is 5.08. The van der Waals surface area contributed by atoms with E-state index in [0.717, 1.165) is 24.3 Å².